The lowest BCUT2D eigenvalue weighted by molar-refractivity contribution is 0.385. The maximum atomic E-state index is 13.1. The number of para-hydroxylation sites is 2. The molecule has 4 rings (SSSR count). The molecule has 1 saturated heterocycles. The van der Waals surface area contributed by atoms with Crippen molar-refractivity contribution >= 4 is 21.1 Å². The number of imidazole rings is 1. The van der Waals surface area contributed by atoms with Gasteiger partial charge in [0.2, 0.25) is 10.0 Å². The Morgan fingerprint density at radius 2 is 1.92 bits per heavy atom. The fourth-order valence-corrected chi connectivity index (χ4v) is 5.12. The van der Waals surface area contributed by atoms with Crippen LogP contribution in [0.25, 0.3) is 11.0 Å². The summed E-state index contributed by atoms with van der Waals surface area (Å²) in [6.07, 6.45) is 2.52. The molecule has 0 spiro atoms. The van der Waals surface area contributed by atoms with Gasteiger partial charge in [-0.3, -0.25) is 0 Å². The Kier molecular flexibility index (Phi) is 4.09. The van der Waals surface area contributed by atoms with Crippen molar-refractivity contribution in [3.63, 3.8) is 0 Å². The number of aromatic amines is 1. The monoisotopic (exact) mass is 355 g/mol. The van der Waals surface area contributed by atoms with E-state index in [-0.39, 0.29) is 6.04 Å². The third kappa shape index (κ3) is 2.85. The molecule has 1 unspecified atom stereocenters. The van der Waals surface area contributed by atoms with Crippen LogP contribution in [0.1, 0.15) is 37.2 Å². The molecule has 0 bridgehead atoms. The summed E-state index contributed by atoms with van der Waals surface area (Å²) < 4.78 is 27.8. The molecule has 1 atom stereocenters. The lowest BCUT2D eigenvalue weighted by atomic mass is 10.2. The van der Waals surface area contributed by atoms with Gasteiger partial charge in [0.15, 0.2) is 0 Å². The van der Waals surface area contributed by atoms with Gasteiger partial charge in [-0.15, -0.1) is 0 Å². The molecule has 0 amide bonds. The second kappa shape index (κ2) is 6.28. The minimum absolute atomic E-state index is 0.233. The number of nitrogens with one attached hydrogen (secondary N) is 1. The van der Waals surface area contributed by atoms with Crippen molar-refractivity contribution in [2.75, 3.05) is 6.54 Å². The summed E-state index contributed by atoms with van der Waals surface area (Å²) in [5, 5.41) is 0. The Balaban J connectivity index is 1.70. The smallest absolute Gasteiger partial charge is 0.243 e. The van der Waals surface area contributed by atoms with Gasteiger partial charge < -0.3 is 4.98 Å². The first-order valence-electron chi connectivity index (χ1n) is 8.65. The first-order valence-corrected chi connectivity index (χ1v) is 10.1. The fraction of sp³-hybridized carbons (Fsp3) is 0.316. The summed E-state index contributed by atoms with van der Waals surface area (Å²) in [6, 6.07) is 14.7. The molecule has 2 heterocycles. The van der Waals surface area contributed by atoms with Crippen molar-refractivity contribution in [3.8, 4) is 0 Å². The first-order chi connectivity index (χ1) is 12.1. The number of rotatable bonds is 4. The van der Waals surface area contributed by atoms with Crippen LogP contribution < -0.4 is 0 Å². The molecule has 0 saturated carbocycles. The summed E-state index contributed by atoms with van der Waals surface area (Å²) in [5.74, 6) is 0.729. The zero-order valence-electron chi connectivity index (χ0n) is 14.1. The van der Waals surface area contributed by atoms with Crippen LogP contribution in [-0.2, 0) is 16.4 Å². The molecule has 1 aliphatic heterocycles. The van der Waals surface area contributed by atoms with Crippen LogP contribution in [0.3, 0.4) is 0 Å². The maximum absolute atomic E-state index is 13.1. The molecule has 2 aromatic carbocycles. The molecule has 0 radical (unpaired) electrons. The van der Waals surface area contributed by atoms with Gasteiger partial charge in [0.05, 0.1) is 22.0 Å². The highest BCUT2D eigenvalue weighted by Crippen LogP contribution is 2.36. The first kappa shape index (κ1) is 16.3. The van der Waals surface area contributed by atoms with E-state index in [2.05, 4.69) is 16.9 Å². The summed E-state index contributed by atoms with van der Waals surface area (Å²) in [6.45, 7) is 2.58. The zero-order valence-corrected chi connectivity index (χ0v) is 15.0. The van der Waals surface area contributed by atoms with Gasteiger partial charge in [-0.1, -0.05) is 31.2 Å². The van der Waals surface area contributed by atoms with E-state index in [9.17, 15) is 8.42 Å². The number of H-pyrrole nitrogens is 1. The number of fused-ring (bicyclic) bond motifs is 1. The van der Waals surface area contributed by atoms with Gasteiger partial charge in [-0.25, -0.2) is 13.4 Å². The van der Waals surface area contributed by atoms with Gasteiger partial charge in [-0.2, -0.15) is 4.31 Å². The van der Waals surface area contributed by atoms with Gasteiger partial charge in [-0.05, 0) is 49.1 Å². The predicted octanol–water partition coefficient (Wildman–Crippen LogP) is 3.65. The van der Waals surface area contributed by atoms with Crippen LogP contribution in [0, 0.1) is 0 Å². The molecule has 3 aromatic rings. The van der Waals surface area contributed by atoms with Crippen LogP contribution in [0.2, 0.25) is 0 Å². The lowest BCUT2D eigenvalue weighted by Gasteiger charge is -2.22. The SMILES string of the molecule is CCc1ccc(S(=O)(=O)N2CCCC2c2nc3ccccc3[nH]2)cc1. The molecule has 25 heavy (non-hydrogen) atoms. The van der Waals surface area contributed by atoms with Gasteiger partial charge in [0, 0.05) is 6.54 Å². The lowest BCUT2D eigenvalue weighted by Crippen LogP contribution is -2.31. The van der Waals surface area contributed by atoms with Gasteiger partial charge in [0.1, 0.15) is 5.82 Å². The predicted molar refractivity (Wildman–Crippen MR) is 97.8 cm³/mol. The van der Waals surface area contributed by atoms with Crippen LogP contribution in [0.5, 0.6) is 0 Å². The second-order valence-corrected chi connectivity index (χ2v) is 8.30. The standard InChI is InChI=1S/C19H21N3O2S/c1-2-14-9-11-15(12-10-14)25(23,24)22-13-5-8-18(22)19-20-16-6-3-4-7-17(16)21-19/h3-4,6-7,9-12,18H,2,5,8,13H2,1H3,(H,20,21). The van der Waals surface area contributed by atoms with Crippen LogP contribution in [0.15, 0.2) is 53.4 Å². The van der Waals surface area contributed by atoms with Crippen molar-refractivity contribution in [2.45, 2.75) is 37.1 Å². The molecule has 1 aliphatic rings. The number of nitrogens with zero attached hydrogens (tertiary/aromatic N) is 2. The summed E-state index contributed by atoms with van der Waals surface area (Å²) in [4.78, 5) is 8.26. The maximum Gasteiger partial charge on any atom is 0.243 e. The molecular weight excluding hydrogens is 334 g/mol. The Morgan fingerprint density at radius 3 is 2.64 bits per heavy atom. The van der Waals surface area contributed by atoms with Crippen LogP contribution in [0.4, 0.5) is 0 Å². The molecule has 6 heteroatoms. The molecule has 5 nitrogen and oxygen atoms in total. The zero-order chi connectivity index (χ0) is 17.4. The minimum atomic E-state index is -3.53. The molecule has 0 aliphatic carbocycles. The third-order valence-electron chi connectivity index (χ3n) is 4.87. The highest BCUT2D eigenvalue weighted by atomic mass is 32.2. The number of aromatic nitrogens is 2. The van der Waals surface area contributed by atoms with E-state index in [1.165, 1.54) is 0 Å². The van der Waals surface area contributed by atoms with E-state index < -0.39 is 10.0 Å². The number of benzene rings is 2. The molecule has 1 aromatic heterocycles. The van der Waals surface area contributed by atoms with E-state index >= 15 is 0 Å². The molecule has 1 fully saturated rings. The number of hydrogen-bond donors (Lipinski definition) is 1. The molecular formula is C19H21N3O2S. The largest absolute Gasteiger partial charge is 0.341 e. The van der Waals surface area contributed by atoms with E-state index in [0.717, 1.165) is 41.7 Å². The van der Waals surface area contributed by atoms with Crippen molar-refractivity contribution in [2.24, 2.45) is 0 Å². The summed E-state index contributed by atoms with van der Waals surface area (Å²) >= 11 is 0. The molecule has 130 valence electrons. The number of sulfonamides is 1. The second-order valence-electron chi connectivity index (χ2n) is 6.41. The van der Waals surface area contributed by atoms with Crippen LogP contribution in [-0.4, -0.2) is 29.2 Å². The number of aryl methyl sites for hydroxylation is 1. The highest BCUT2D eigenvalue weighted by Gasteiger charge is 2.37. The molecule has 1 N–H and O–H groups in total. The Hall–Kier alpha value is -2.18. The normalized spacial score (nSPS) is 18.8. The topological polar surface area (TPSA) is 66.1 Å². The van der Waals surface area contributed by atoms with E-state index in [0.29, 0.717) is 11.4 Å². The minimum Gasteiger partial charge on any atom is -0.341 e. The third-order valence-corrected chi connectivity index (χ3v) is 6.79. The fourth-order valence-electron chi connectivity index (χ4n) is 3.46. The van der Waals surface area contributed by atoms with Crippen molar-refractivity contribution in [1.82, 2.24) is 14.3 Å². The Labute approximate surface area is 147 Å². The quantitative estimate of drug-likeness (QED) is 0.777. The summed E-state index contributed by atoms with van der Waals surface area (Å²) in [7, 11) is -3.53. The Bertz CT molecular complexity index is 960. The van der Waals surface area contributed by atoms with Crippen molar-refractivity contribution in [1.29, 1.82) is 0 Å². The highest BCUT2D eigenvalue weighted by molar-refractivity contribution is 7.89. The van der Waals surface area contributed by atoms with E-state index in [1.807, 2.05) is 36.4 Å². The average Bonchev–Trinajstić information content (AvgIpc) is 3.28. The number of hydrogen-bond acceptors (Lipinski definition) is 3. The van der Waals surface area contributed by atoms with E-state index in [1.54, 1.807) is 16.4 Å². The van der Waals surface area contributed by atoms with Crippen molar-refractivity contribution in [3.05, 3.63) is 59.9 Å². The van der Waals surface area contributed by atoms with Crippen molar-refractivity contribution < 1.29 is 8.42 Å². The van der Waals surface area contributed by atoms with Gasteiger partial charge >= 0.3 is 0 Å². The Morgan fingerprint density at radius 1 is 1.16 bits per heavy atom. The van der Waals surface area contributed by atoms with Crippen LogP contribution >= 0.6 is 0 Å². The van der Waals surface area contributed by atoms with E-state index in [4.69, 9.17) is 0 Å². The van der Waals surface area contributed by atoms with Gasteiger partial charge in [0.25, 0.3) is 0 Å². The average molecular weight is 355 g/mol. The summed E-state index contributed by atoms with van der Waals surface area (Å²) in [5.41, 5.74) is 2.94.